The number of allylic oxidation sites excluding steroid dienone is 1. The fraction of sp³-hybridized carbons (Fsp3) is 0.667. The van der Waals surface area contributed by atoms with Crippen molar-refractivity contribution < 1.29 is 10.3 Å². The molecule has 0 aromatic carbocycles. The maximum atomic E-state index is 9.50. The van der Waals surface area contributed by atoms with Gasteiger partial charge in [-0.05, 0) is 18.9 Å². The smallest absolute Gasteiger partial charge is 0.120 e. The molecule has 3 heteroatoms. The van der Waals surface area contributed by atoms with E-state index in [0.717, 1.165) is 19.3 Å². The molecule has 0 atom stereocenters. The molecule has 0 heterocycles. The van der Waals surface area contributed by atoms with E-state index >= 15 is 0 Å². The molecule has 0 saturated heterocycles. The molecule has 0 saturated carbocycles. The van der Waals surface area contributed by atoms with Gasteiger partial charge in [-0.2, -0.15) is 0 Å². The van der Waals surface area contributed by atoms with E-state index in [0.29, 0.717) is 0 Å². The van der Waals surface area contributed by atoms with E-state index in [1.807, 2.05) is 0 Å². The Morgan fingerprint density at radius 3 is 2.44 bits per heavy atom. The van der Waals surface area contributed by atoms with Gasteiger partial charge in [0, 0.05) is 0 Å². The van der Waals surface area contributed by atoms with Crippen molar-refractivity contribution in [3.05, 3.63) is 6.08 Å². The van der Waals surface area contributed by atoms with Crippen LogP contribution in [0, 0.1) is 0 Å². The monoisotopic (exact) mass is 152 g/mol. The average molecular weight is 153 g/mol. The van der Waals surface area contributed by atoms with Crippen molar-refractivity contribution in [2.45, 2.75) is 26.2 Å². The Labute approximate surface area is 61.7 Å². The standard InChI is InChI=1S/C6H10O.ClH.H2O/c1-2-3-4-5-6-7;;/h5H,2-4H2,1H3;1H;1H2. The molecular weight excluding hydrogens is 140 g/mol. The first-order valence-electron chi connectivity index (χ1n) is 2.61. The van der Waals surface area contributed by atoms with Gasteiger partial charge in [0.2, 0.25) is 0 Å². The lowest BCUT2D eigenvalue weighted by Gasteiger charge is -1.80. The lowest BCUT2D eigenvalue weighted by atomic mass is 10.2. The highest BCUT2D eigenvalue weighted by atomic mass is 35.5. The third-order valence-electron chi connectivity index (χ3n) is 0.785. The van der Waals surface area contributed by atoms with Crippen LogP contribution in [0.25, 0.3) is 0 Å². The number of rotatable bonds is 3. The van der Waals surface area contributed by atoms with E-state index < -0.39 is 0 Å². The molecule has 56 valence electrons. The van der Waals surface area contributed by atoms with E-state index in [2.05, 4.69) is 6.92 Å². The van der Waals surface area contributed by atoms with Crippen LogP contribution in [0.3, 0.4) is 0 Å². The molecule has 9 heavy (non-hydrogen) atoms. The molecule has 0 aliphatic rings. The van der Waals surface area contributed by atoms with Crippen molar-refractivity contribution in [3.8, 4) is 0 Å². The van der Waals surface area contributed by atoms with Crippen LogP contribution in [0.5, 0.6) is 0 Å². The summed E-state index contributed by atoms with van der Waals surface area (Å²) in [7, 11) is 0. The summed E-state index contributed by atoms with van der Waals surface area (Å²) in [5, 5.41) is 0. The Morgan fingerprint density at radius 1 is 1.56 bits per heavy atom. The highest BCUT2D eigenvalue weighted by Gasteiger charge is 1.74. The second-order valence-corrected chi connectivity index (χ2v) is 1.46. The van der Waals surface area contributed by atoms with Gasteiger partial charge >= 0.3 is 0 Å². The van der Waals surface area contributed by atoms with Gasteiger partial charge < -0.3 is 5.48 Å². The second-order valence-electron chi connectivity index (χ2n) is 1.46. The van der Waals surface area contributed by atoms with Crippen LogP contribution in [0.1, 0.15) is 26.2 Å². The number of halogens is 1. The first-order chi connectivity index (χ1) is 3.41. The van der Waals surface area contributed by atoms with Crippen molar-refractivity contribution in [2.75, 3.05) is 0 Å². The molecule has 0 radical (unpaired) electrons. The second kappa shape index (κ2) is 15.6. The Balaban J connectivity index is -0.000000180. The van der Waals surface area contributed by atoms with Crippen LogP contribution in [-0.4, -0.2) is 11.4 Å². The van der Waals surface area contributed by atoms with Crippen molar-refractivity contribution in [3.63, 3.8) is 0 Å². The quantitative estimate of drug-likeness (QED) is 0.442. The molecular formula is C6H13ClO2. The summed E-state index contributed by atoms with van der Waals surface area (Å²) < 4.78 is 0. The summed E-state index contributed by atoms with van der Waals surface area (Å²) in [4.78, 5) is 9.50. The molecule has 0 aliphatic carbocycles. The minimum absolute atomic E-state index is 0. The third-order valence-corrected chi connectivity index (χ3v) is 0.785. The van der Waals surface area contributed by atoms with Gasteiger partial charge in [0.05, 0.1) is 0 Å². The fourth-order valence-corrected chi connectivity index (χ4v) is 0.365. The summed E-state index contributed by atoms with van der Waals surface area (Å²) in [6.07, 6.45) is 4.68. The zero-order chi connectivity index (χ0) is 5.54. The predicted octanol–water partition coefficient (Wildman–Crippen LogP) is 1.16. The molecule has 0 aromatic rings. The van der Waals surface area contributed by atoms with Crippen LogP contribution < -0.4 is 0 Å². The van der Waals surface area contributed by atoms with Crippen LogP contribution in [0.15, 0.2) is 6.08 Å². The Kier molecular flexibility index (Phi) is 27.6. The number of unbranched alkanes of at least 4 members (excludes halogenated alkanes) is 2. The number of hydrogen-bond donors (Lipinski definition) is 0. The molecule has 2 N–H and O–H groups in total. The summed E-state index contributed by atoms with van der Waals surface area (Å²) in [5.74, 6) is 1.73. The Hall–Kier alpha value is -0.300. The van der Waals surface area contributed by atoms with Gasteiger partial charge in [0.15, 0.2) is 0 Å². The molecule has 0 rings (SSSR count). The number of hydrogen-bond acceptors (Lipinski definition) is 1. The number of carbonyl (C=O) groups excluding carboxylic acids is 1. The maximum Gasteiger partial charge on any atom is 0.120 e. The van der Waals surface area contributed by atoms with E-state index in [4.69, 9.17) is 0 Å². The molecule has 0 aromatic heterocycles. The van der Waals surface area contributed by atoms with Crippen LogP contribution in [0.2, 0.25) is 0 Å². The van der Waals surface area contributed by atoms with Crippen molar-refractivity contribution in [1.82, 2.24) is 0 Å². The molecule has 0 aliphatic heterocycles. The minimum atomic E-state index is 0. The highest BCUT2D eigenvalue weighted by Crippen LogP contribution is 1.91. The summed E-state index contributed by atoms with van der Waals surface area (Å²) >= 11 is 0. The lowest BCUT2D eigenvalue weighted by molar-refractivity contribution is 0.567. The van der Waals surface area contributed by atoms with Gasteiger partial charge in [0.1, 0.15) is 5.94 Å². The van der Waals surface area contributed by atoms with Gasteiger partial charge in [-0.15, -0.1) is 12.4 Å². The normalized spacial score (nSPS) is 5.89. The summed E-state index contributed by atoms with van der Waals surface area (Å²) in [5.41, 5.74) is 0. The fourth-order valence-electron chi connectivity index (χ4n) is 0.365. The molecule has 0 unspecified atom stereocenters. The topological polar surface area (TPSA) is 48.6 Å². The zero-order valence-electron chi connectivity index (χ0n) is 5.52. The molecule has 0 spiro atoms. The molecule has 0 bridgehead atoms. The third kappa shape index (κ3) is 18.3. The molecule has 2 nitrogen and oxygen atoms in total. The van der Waals surface area contributed by atoms with Crippen LogP contribution in [-0.2, 0) is 4.79 Å². The zero-order valence-corrected chi connectivity index (χ0v) is 6.33. The average Bonchev–Trinajstić information content (AvgIpc) is 1.69. The first-order valence-corrected chi connectivity index (χ1v) is 2.61. The minimum Gasteiger partial charge on any atom is -0.412 e. The summed E-state index contributed by atoms with van der Waals surface area (Å²) in [6.45, 7) is 2.10. The Bertz CT molecular complexity index is 77.1. The molecule has 0 fully saturated rings. The SMILES string of the molecule is CCCCC=C=O.Cl.O. The molecule has 0 amide bonds. The van der Waals surface area contributed by atoms with Crippen LogP contribution >= 0.6 is 12.4 Å². The largest absolute Gasteiger partial charge is 0.412 e. The van der Waals surface area contributed by atoms with E-state index in [1.165, 1.54) is 6.08 Å². The van der Waals surface area contributed by atoms with Gasteiger partial charge in [-0.25, -0.2) is 4.79 Å². The van der Waals surface area contributed by atoms with E-state index in [-0.39, 0.29) is 17.9 Å². The predicted molar refractivity (Wildman–Crippen MR) is 40.7 cm³/mol. The maximum absolute atomic E-state index is 9.50. The van der Waals surface area contributed by atoms with Crippen molar-refractivity contribution >= 4 is 18.3 Å². The first kappa shape index (κ1) is 15.9. The van der Waals surface area contributed by atoms with Gasteiger partial charge in [-0.3, -0.25) is 0 Å². The van der Waals surface area contributed by atoms with Crippen molar-refractivity contribution in [2.24, 2.45) is 0 Å². The Morgan fingerprint density at radius 2 is 2.11 bits per heavy atom. The van der Waals surface area contributed by atoms with E-state index in [9.17, 15) is 4.79 Å². The van der Waals surface area contributed by atoms with Gasteiger partial charge in [0.25, 0.3) is 0 Å². The van der Waals surface area contributed by atoms with Crippen molar-refractivity contribution in [1.29, 1.82) is 0 Å². The van der Waals surface area contributed by atoms with E-state index in [1.54, 1.807) is 5.94 Å². The summed E-state index contributed by atoms with van der Waals surface area (Å²) in [6, 6.07) is 0. The van der Waals surface area contributed by atoms with Crippen LogP contribution in [0.4, 0.5) is 0 Å². The highest BCUT2D eigenvalue weighted by molar-refractivity contribution is 5.85. The van der Waals surface area contributed by atoms with Gasteiger partial charge in [-0.1, -0.05) is 13.3 Å². The lowest BCUT2D eigenvalue weighted by Crippen LogP contribution is -1.64.